The molecule has 12 nitrogen and oxygen atoms in total. The number of hydrogen-bond acceptors (Lipinski definition) is 12. The van der Waals surface area contributed by atoms with Crippen molar-refractivity contribution in [3.8, 4) is 158 Å². The summed E-state index contributed by atoms with van der Waals surface area (Å²) in [5.74, 6) is 2.08. The molecule has 0 atom stereocenters. The van der Waals surface area contributed by atoms with Crippen LogP contribution in [0.4, 0.5) is 0 Å². The highest BCUT2D eigenvalue weighted by Crippen LogP contribution is 2.44. The van der Waals surface area contributed by atoms with Crippen LogP contribution in [0.1, 0.15) is 0 Å². The first-order valence-electron chi connectivity index (χ1n) is 48.1. The monoisotopic (exact) mass is 2080 g/mol. The third-order valence-corrected chi connectivity index (χ3v) is 27.0. The van der Waals surface area contributed by atoms with Crippen molar-refractivity contribution < 1.29 is 20.1 Å². The molecule has 700 valence electrons. The van der Waals surface area contributed by atoms with Gasteiger partial charge in [-0.1, -0.05) is 442 Å². The van der Waals surface area contributed by atoms with Gasteiger partial charge >= 0.3 is 14.2 Å². The van der Waals surface area contributed by atoms with Gasteiger partial charge in [-0.3, -0.25) is 9.97 Å². The molecule has 0 radical (unpaired) electrons. The van der Waals surface area contributed by atoms with E-state index in [0.717, 1.165) is 164 Å². The Morgan fingerprint density at radius 3 is 0.762 bits per heavy atom. The summed E-state index contributed by atoms with van der Waals surface area (Å²) in [4.78, 5) is 39.0. The minimum Gasteiger partial charge on any atom is -0.423 e. The molecule has 0 fully saturated rings. The fourth-order valence-electron chi connectivity index (χ4n) is 18.5. The van der Waals surface area contributed by atoms with Crippen LogP contribution in [0.25, 0.3) is 222 Å². The van der Waals surface area contributed by atoms with Crippen molar-refractivity contribution in [1.82, 2.24) is 39.9 Å². The lowest BCUT2D eigenvalue weighted by Crippen LogP contribution is -2.30. The van der Waals surface area contributed by atoms with Crippen LogP contribution >= 0.6 is 47.8 Å². The second kappa shape index (κ2) is 44.8. The number of benzene rings is 20. The third-order valence-electron chi connectivity index (χ3n) is 25.6. The van der Waals surface area contributed by atoms with Crippen LogP contribution < -0.4 is 10.9 Å². The first kappa shape index (κ1) is 96.1. The lowest BCUT2D eigenvalue weighted by Gasteiger charge is -2.15. The molecule has 0 saturated heterocycles. The average Bonchev–Trinajstić information content (AvgIpc) is 0.753. The highest BCUT2D eigenvalue weighted by Gasteiger charge is 2.23. The van der Waals surface area contributed by atoms with Crippen molar-refractivity contribution in [2.24, 2.45) is 0 Å². The van der Waals surface area contributed by atoms with Crippen LogP contribution in [0.2, 0.25) is 0 Å². The molecule has 17 heteroatoms. The summed E-state index contributed by atoms with van der Waals surface area (Å²) < 4.78 is 2.95. The van der Waals surface area contributed by atoms with E-state index in [2.05, 4.69) is 337 Å². The van der Waals surface area contributed by atoms with Crippen LogP contribution in [0.5, 0.6) is 0 Å². The Morgan fingerprint density at radius 1 is 0.163 bits per heavy atom. The smallest absolute Gasteiger partial charge is 0.423 e. The second-order valence-corrected chi connectivity index (χ2v) is 38.0. The second-order valence-electron chi connectivity index (χ2n) is 35.3. The summed E-state index contributed by atoms with van der Waals surface area (Å²) in [6.45, 7) is 0. The van der Waals surface area contributed by atoms with Crippen LogP contribution in [0.3, 0.4) is 0 Å². The van der Waals surface area contributed by atoms with Gasteiger partial charge in [0.1, 0.15) is 0 Å². The zero-order valence-corrected chi connectivity index (χ0v) is 84.0. The molecule has 0 amide bonds. The summed E-state index contributed by atoms with van der Waals surface area (Å²) in [5, 5.41) is 50.7. The van der Waals surface area contributed by atoms with E-state index in [1.54, 1.807) is 18.3 Å². The predicted octanol–water partition coefficient (Wildman–Crippen LogP) is 31.5. The first-order chi connectivity index (χ1) is 72.2. The van der Waals surface area contributed by atoms with E-state index >= 15 is 0 Å². The topological polar surface area (TPSA) is 184 Å². The molecule has 0 saturated carbocycles. The summed E-state index contributed by atoms with van der Waals surface area (Å²) in [6.07, 6.45) is 3.56. The molecule has 20 aromatic carbocycles. The van der Waals surface area contributed by atoms with Gasteiger partial charge in [-0.05, 0) is 218 Å². The van der Waals surface area contributed by atoms with Crippen molar-refractivity contribution in [2.45, 2.75) is 0 Å². The van der Waals surface area contributed by atoms with E-state index in [1.807, 2.05) is 219 Å². The fraction of sp³-hybridized carbons (Fsp3) is 0. The van der Waals surface area contributed by atoms with E-state index in [0.29, 0.717) is 28.4 Å². The molecule has 25 rings (SSSR count). The Labute approximate surface area is 877 Å². The van der Waals surface area contributed by atoms with E-state index in [1.165, 1.54) is 54.2 Å². The molecule has 0 aliphatic heterocycles. The van der Waals surface area contributed by atoms with Gasteiger partial charge in [-0.25, -0.2) is 29.9 Å². The predicted molar refractivity (Wildman–Crippen MR) is 618 cm³/mol. The largest absolute Gasteiger partial charge is 0.489 e. The lowest BCUT2D eigenvalue weighted by atomic mass is 9.76. The third kappa shape index (κ3) is 22.3. The molecular formula is C130H89B2Br3N8O4. The zero-order valence-electron chi connectivity index (χ0n) is 79.2. The maximum Gasteiger partial charge on any atom is 0.489 e. The molecule has 147 heavy (non-hydrogen) atoms. The van der Waals surface area contributed by atoms with Crippen LogP contribution in [0.15, 0.2) is 529 Å². The minimum atomic E-state index is -1.44. The van der Waals surface area contributed by atoms with Gasteiger partial charge in [0.05, 0.1) is 45.6 Å². The van der Waals surface area contributed by atoms with Crippen LogP contribution in [0, 0.1) is 0 Å². The van der Waals surface area contributed by atoms with Crippen molar-refractivity contribution in [3.63, 3.8) is 0 Å². The molecule has 4 N–H and O–H groups in total. The average molecular weight is 2090 g/mol. The van der Waals surface area contributed by atoms with Gasteiger partial charge in [-0.15, -0.1) is 0 Å². The SMILES string of the molecule is Brc1cc(-c2nc(-c3ccccc3)cc(-c3ccccc3)n2)cc(-c2cc3ccccc3c3ccccc23)c1.Brc1cc(Br)cc(-c2nc(-c3ccccc3)cc(-c3ccccc3)n2)c1.OB(O)c1cc2ccccc2c2ccccc12.OB(O)c1ccc(-c2ccccn2)cc1.c1ccc(-c2cc(-c3ccccc3)nc(-c3cc(-c4ccc(-c5ccccn5)cc4)cc(-c4cc5ccccc5c5ccccc45)c3)n2)cc1. The number of aromatic nitrogens is 8. The van der Waals surface area contributed by atoms with Crippen molar-refractivity contribution in [3.05, 3.63) is 529 Å². The van der Waals surface area contributed by atoms with E-state index in [-0.39, 0.29) is 0 Å². The molecule has 0 bridgehead atoms. The minimum absolute atomic E-state index is 0.481. The standard InChI is InChI=1S/C47H31N3.C36H23BrN2.C22H14Br2N2.C14H11BO2.C11H10BNO2/c1-3-13-33(14-4-1)45-31-46(34-15-5-2-6-16-34)50-47(49-45)39-28-37(32-22-24-35(25-23-32)44-21-11-12-26-48-44)27-38(29-39)43-30-36-17-7-8-18-40(36)41-19-9-10-20-42(41)43;37-29-20-27(33-22-26-15-7-8-16-30(26)31-17-9-10-18-32(31)33)19-28(21-29)36-38-34(24-11-3-1-4-12-24)23-35(39-36)25-13-5-2-6-14-25;23-18-11-17(12-19(24)13-18)22-25-20(15-7-3-1-4-8-15)14-21(26-22)16-9-5-2-6-10-16;16-15(17)14-9-10-5-1-2-6-11(10)12-7-3-4-8-13(12)14;14-12(15)10-6-4-9(5-7-10)11-3-1-2-8-13-11/h1-31H;1-23H;1-14H;1-9,16-17H;1-8,14-15H. The van der Waals surface area contributed by atoms with Gasteiger partial charge in [0.2, 0.25) is 0 Å². The molecule has 0 aliphatic carbocycles. The van der Waals surface area contributed by atoms with Crippen molar-refractivity contribution in [2.75, 3.05) is 0 Å². The normalized spacial score (nSPS) is 11.0. The number of rotatable bonds is 16. The summed E-state index contributed by atoms with van der Waals surface area (Å²) in [5.41, 5.74) is 26.4. The quantitative estimate of drug-likeness (QED) is 0.0531. The van der Waals surface area contributed by atoms with Gasteiger partial charge in [0.15, 0.2) is 17.5 Å². The molecule has 25 aromatic rings. The highest BCUT2D eigenvalue weighted by atomic mass is 79.9. The fourth-order valence-corrected chi connectivity index (χ4v) is 20.3. The Morgan fingerprint density at radius 2 is 0.415 bits per heavy atom. The van der Waals surface area contributed by atoms with Gasteiger partial charge in [-0.2, -0.15) is 0 Å². The zero-order chi connectivity index (χ0) is 99.9. The van der Waals surface area contributed by atoms with Gasteiger partial charge in [0, 0.05) is 87.0 Å². The summed E-state index contributed by atoms with van der Waals surface area (Å²) >= 11 is 10.9. The van der Waals surface area contributed by atoms with E-state index in [4.69, 9.17) is 40.0 Å². The molecule has 5 heterocycles. The van der Waals surface area contributed by atoms with E-state index in [9.17, 15) is 10.0 Å². The number of fused-ring (bicyclic) bond motifs is 9. The molecule has 0 spiro atoms. The number of halogens is 3. The van der Waals surface area contributed by atoms with Crippen LogP contribution in [-0.4, -0.2) is 74.2 Å². The highest BCUT2D eigenvalue weighted by molar-refractivity contribution is 9.11. The van der Waals surface area contributed by atoms with Gasteiger partial charge < -0.3 is 20.1 Å². The lowest BCUT2D eigenvalue weighted by molar-refractivity contribution is 0.424. The van der Waals surface area contributed by atoms with Gasteiger partial charge in [0.25, 0.3) is 0 Å². The van der Waals surface area contributed by atoms with Crippen LogP contribution in [-0.2, 0) is 0 Å². The molecule has 0 aliphatic rings. The number of pyridine rings is 2. The van der Waals surface area contributed by atoms with Crippen molar-refractivity contribution >= 4 is 138 Å². The summed E-state index contributed by atoms with van der Waals surface area (Å²) in [6, 6.07) is 171. The Bertz CT molecular complexity index is 8810. The Hall–Kier alpha value is -17.1. The maximum absolute atomic E-state index is 9.44. The Balaban J connectivity index is 0.000000116. The number of hydrogen-bond donors (Lipinski definition) is 4. The Kier molecular flexibility index (Phi) is 29.3. The maximum atomic E-state index is 9.44. The first-order valence-corrected chi connectivity index (χ1v) is 50.5. The molecule has 0 unspecified atom stereocenters. The number of nitrogens with zero attached hydrogens (tertiary/aromatic N) is 8. The van der Waals surface area contributed by atoms with Crippen molar-refractivity contribution in [1.29, 1.82) is 0 Å². The van der Waals surface area contributed by atoms with E-state index < -0.39 is 14.2 Å². The summed E-state index contributed by atoms with van der Waals surface area (Å²) in [7, 11) is -2.85. The molecule has 5 aromatic heterocycles. The molecular weight excluding hydrogens is 2000 g/mol.